The Hall–Kier alpha value is -1.58. The highest BCUT2D eigenvalue weighted by Crippen LogP contribution is 2.25. The van der Waals surface area contributed by atoms with Crippen molar-refractivity contribution >= 4 is 11.7 Å². The summed E-state index contributed by atoms with van der Waals surface area (Å²) in [5.74, 6) is 1.23. The quantitative estimate of drug-likeness (QED) is 0.859. The van der Waals surface area contributed by atoms with E-state index in [0.717, 1.165) is 13.0 Å². The minimum atomic E-state index is -0.0159. The van der Waals surface area contributed by atoms with E-state index in [0.29, 0.717) is 23.3 Å². The van der Waals surface area contributed by atoms with E-state index in [1.54, 1.807) is 12.3 Å². The smallest absolute Gasteiger partial charge is 0.255 e. The maximum absolute atomic E-state index is 12.3. The van der Waals surface area contributed by atoms with Crippen molar-refractivity contribution in [1.29, 1.82) is 0 Å². The van der Waals surface area contributed by atoms with Crippen LogP contribution in [0.3, 0.4) is 0 Å². The van der Waals surface area contributed by atoms with E-state index in [4.69, 9.17) is 0 Å². The zero-order chi connectivity index (χ0) is 13.0. The van der Waals surface area contributed by atoms with Crippen LogP contribution in [0.2, 0.25) is 0 Å². The number of rotatable bonds is 4. The van der Waals surface area contributed by atoms with Crippen LogP contribution in [0.1, 0.15) is 43.5 Å². The maximum Gasteiger partial charge on any atom is 0.255 e. The van der Waals surface area contributed by atoms with E-state index in [1.165, 1.54) is 12.8 Å². The van der Waals surface area contributed by atoms with Crippen LogP contribution < -0.4 is 10.6 Å². The lowest BCUT2D eigenvalue weighted by molar-refractivity contribution is 0.0930. The third-order valence-corrected chi connectivity index (χ3v) is 3.57. The van der Waals surface area contributed by atoms with Gasteiger partial charge < -0.3 is 10.6 Å². The van der Waals surface area contributed by atoms with Crippen molar-refractivity contribution in [2.45, 2.75) is 39.2 Å². The Morgan fingerprint density at radius 3 is 3.00 bits per heavy atom. The highest BCUT2D eigenvalue weighted by Gasteiger charge is 2.25. The molecular formula is C14H21N3O. The highest BCUT2D eigenvalue weighted by atomic mass is 16.1. The number of pyridine rings is 1. The molecule has 0 bridgehead atoms. The van der Waals surface area contributed by atoms with Crippen LogP contribution in [0, 0.1) is 5.92 Å². The van der Waals surface area contributed by atoms with E-state index < -0.39 is 0 Å². The van der Waals surface area contributed by atoms with Crippen LogP contribution in [0.15, 0.2) is 18.3 Å². The van der Waals surface area contributed by atoms with Crippen molar-refractivity contribution in [3.8, 4) is 0 Å². The second-order valence-electron chi connectivity index (χ2n) is 4.92. The summed E-state index contributed by atoms with van der Waals surface area (Å²) in [6, 6.07) is 3.93. The summed E-state index contributed by atoms with van der Waals surface area (Å²) in [7, 11) is 0. The summed E-state index contributed by atoms with van der Waals surface area (Å²) in [6.07, 6.45) is 5.20. The van der Waals surface area contributed by atoms with Crippen molar-refractivity contribution in [2.24, 2.45) is 5.92 Å². The molecule has 0 spiro atoms. The van der Waals surface area contributed by atoms with E-state index >= 15 is 0 Å². The highest BCUT2D eigenvalue weighted by molar-refractivity contribution is 5.98. The predicted molar refractivity (Wildman–Crippen MR) is 72.7 cm³/mol. The molecule has 1 aromatic heterocycles. The number of amides is 1. The second-order valence-corrected chi connectivity index (χ2v) is 4.92. The molecule has 0 aliphatic heterocycles. The van der Waals surface area contributed by atoms with Gasteiger partial charge >= 0.3 is 0 Å². The summed E-state index contributed by atoms with van der Waals surface area (Å²) >= 11 is 0. The predicted octanol–water partition coefficient (Wildman–Crippen LogP) is 2.43. The Morgan fingerprint density at radius 2 is 2.33 bits per heavy atom. The number of nitrogens with one attached hydrogen (secondary N) is 2. The topological polar surface area (TPSA) is 54.0 Å². The normalized spacial score (nSPS) is 22.8. The van der Waals surface area contributed by atoms with Gasteiger partial charge in [0.1, 0.15) is 5.82 Å². The monoisotopic (exact) mass is 247 g/mol. The Kier molecular flexibility index (Phi) is 4.18. The minimum Gasteiger partial charge on any atom is -0.370 e. The van der Waals surface area contributed by atoms with Gasteiger partial charge in [-0.1, -0.05) is 13.3 Å². The van der Waals surface area contributed by atoms with Gasteiger partial charge in [-0.15, -0.1) is 0 Å². The summed E-state index contributed by atoms with van der Waals surface area (Å²) in [5.41, 5.74) is 0.637. The van der Waals surface area contributed by atoms with Crippen LogP contribution in [-0.2, 0) is 0 Å². The van der Waals surface area contributed by atoms with Crippen LogP contribution in [0.5, 0.6) is 0 Å². The molecule has 1 amide bonds. The maximum atomic E-state index is 12.3. The fourth-order valence-electron chi connectivity index (χ4n) is 2.50. The Bertz CT molecular complexity index is 419. The van der Waals surface area contributed by atoms with Crippen LogP contribution >= 0.6 is 0 Å². The lowest BCUT2D eigenvalue weighted by atomic mass is 10.1. The molecule has 4 heteroatoms. The molecule has 4 nitrogen and oxygen atoms in total. The second kappa shape index (κ2) is 5.85. The van der Waals surface area contributed by atoms with Crippen molar-refractivity contribution in [3.63, 3.8) is 0 Å². The van der Waals surface area contributed by atoms with E-state index in [9.17, 15) is 4.79 Å². The average Bonchev–Trinajstić information content (AvgIpc) is 2.76. The molecular weight excluding hydrogens is 226 g/mol. The lowest BCUT2D eigenvalue weighted by Gasteiger charge is -2.18. The summed E-state index contributed by atoms with van der Waals surface area (Å²) in [5, 5.41) is 6.25. The van der Waals surface area contributed by atoms with Gasteiger partial charge in [0.2, 0.25) is 0 Å². The molecule has 1 heterocycles. The van der Waals surface area contributed by atoms with Gasteiger partial charge in [-0.2, -0.15) is 0 Å². The Balaban J connectivity index is 2.08. The van der Waals surface area contributed by atoms with Gasteiger partial charge in [-0.25, -0.2) is 4.98 Å². The van der Waals surface area contributed by atoms with E-state index in [2.05, 4.69) is 22.5 Å². The van der Waals surface area contributed by atoms with Gasteiger partial charge in [0.05, 0.1) is 5.56 Å². The van der Waals surface area contributed by atoms with Gasteiger partial charge in [0.25, 0.3) is 5.91 Å². The molecule has 1 fully saturated rings. The Morgan fingerprint density at radius 1 is 1.50 bits per heavy atom. The molecule has 2 rings (SSSR count). The first-order valence-corrected chi connectivity index (χ1v) is 6.72. The van der Waals surface area contributed by atoms with E-state index in [-0.39, 0.29) is 5.91 Å². The number of aromatic nitrogens is 1. The molecule has 1 aliphatic carbocycles. The number of hydrogen-bond donors (Lipinski definition) is 2. The molecule has 0 saturated heterocycles. The first kappa shape index (κ1) is 12.9. The van der Waals surface area contributed by atoms with Gasteiger partial charge in [-0.05, 0) is 37.8 Å². The van der Waals surface area contributed by atoms with Crippen molar-refractivity contribution in [1.82, 2.24) is 10.3 Å². The van der Waals surface area contributed by atoms with Gasteiger partial charge in [0, 0.05) is 18.8 Å². The third-order valence-electron chi connectivity index (χ3n) is 3.57. The molecule has 0 aromatic carbocycles. The summed E-state index contributed by atoms with van der Waals surface area (Å²) in [6.45, 7) is 4.96. The molecule has 0 radical (unpaired) electrons. The molecule has 18 heavy (non-hydrogen) atoms. The summed E-state index contributed by atoms with van der Waals surface area (Å²) in [4.78, 5) is 16.5. The van der Waals surface area contributed by atoms with Crippen LogP contribution in [0.25, 0.3) is 0 Å². The number of anilines is 1. The number of carbonyl (C=O) groups excluding carboxylic acids is 1. The van der Waals surface area contributed by atoms with Crippen LogP contribution in [0.4, 0.5) is 5.82 Å². The minimum absolute atomic E-state index is 0.0159. The zero-order valence-corrected chi connectivity index (χ0v) is 11.1. The summed E-state index contributed by atoms with van der Waals surface area (Å²) < 4.78 is 0. The van der Waals surface area contributed by atoms with Crippen molar-refractivity contribution in [2.75, 3.05) is 11.9 Å². The molecule has 1 aliphatic rings. The molecule has 1 saturated carbocycles. The van der Waals surface area contributed by atoms with Gasteiger partial charge in [0.15, 0.2) is 0 Å². The first-order valence-electron chi connectivity index (χ1n) is 6.72. The SMILES string of the molecule is CCNc1ncccc1C(=O)NC1CCCC1C. The third kappa shape index (κ3) is 2.81. The molecule has 2 N–H and O–H groups in total. The first-order chi connectivity index (χ1) is 8.72. The van der Waals surface area contributed by atoms with Crippen molar-refractivity contribution < 1.29 is 4.79 Å². The number of nitrogens with zero attached hydrogens (tertiary/aromatic N) is 1. The zero-order valence-electron chi connectivity index (χ0n) is 11.1. The molecule has 2 atom stereocenters. The largest absolute Gasteiger partial charge is 0.370 e. The molecule has 2 unspecified atom stereocenters. The number of hydrogen-bond acceptors (Lipinski definition) is 3. The van der Waals surface area contributed by atoms with Gasteiger partial charge in [-0.3, -0.25) is 4.79 Å². The van der Waals surface area contributed by atoms with Crippen LogP contribution in [-0.4, -0.2) is 23.5 Å². The lowest BCUT2D eigenvalue weighted by Crippen LogP contribution is -2.36. The fraction of sp³-hybridized carbons (Fsp3) is 0.571. The number of carbonyl (C=O) groups is 1. The average molecular weight is 247 g/mol. The van der Waals surface area contributed by atoms with E-state index in [1.807, 2.05) is 13.0 Å². The fourth-order valence-corrected chi connectivity index (χ4v) is 2.50. The molecule has 1 aromatic rings. The van der Waals surface area contributed by atoms with Crippen molar-refractivity contribution in [3.05, 3.63) is 23.9 Å². The Labute approximate surface area is 108 Å². The standard InChI is InChI=1S/C14H21N3O/c1-3-15-13-11(7-5-9-16-13)14(18)17-12-8-4-6-10(12)2/h5,7,9-10,12H,3-4,6,8H2,1-2H3,(H,15,16)(H,17,18). The molecule has 98 valence electrons.